The van der Waals surface area contributed by atoms with Crippen molar-refractivity contribution in [1.82, 2.24) is 5.32 Å². The van der Waals surface area contributed by atoms with Gasteiger partial charge >= 0.3 is 0 Å². The quantitative estimate of drug-likeness (QED) is 0.772. The van der Waals surface area contributed by atoms with Crippen LogP contribution >= 0.6 is 34.5 Å². The first-order valence-corrected chi connectivity index (χ1v) is 7.99. The Morgan fingerprint density at radius 1 is 1.21 bits per heavy atom. The molecule has 0 amide bonds. The molecule has 0 spiro atoms. The average molecular weight is 314 g/mol. The Hall–Kier alpha value is -0.540. The zero-order chi connectivity index (χ0) is 13.8. The lowest BCUT2D eigenvalue weighted by atomic mass is 10.1. The van der Waals surface area contributed by atoms with Crippen LogP contribution in [0.4, 0.5) is 0 Å². The Bertz CT molecular complexity index is 551. The molecule has 102 valence electrons. The number of benzene rings is 1. The molecule has 0 bridgehead atoms. The van der Waals surface area contributed by atoms with E-state index in [-0.39, 0.29) is 6.04 Å². The number of aryl methyl sites for hydroxylation is 1. The molecule has 1 unspecified atom stereocenters. The van der Waals surface area contributed by atoms with Gasteiger partial charge < -0.3 is 5.32 Å². The van der Waals surface area contributed by atoms with Crippen LogP contribution in [0.15, 0.2) is 29.6 Å². The molecule has 19 heavy (non-hydrogen) atoms. The van der Waals surface area contributed by atoms with Crippen molar-refractivity contribution in [2.75, 3.05) is 0 Å². The number of thiophene rings is 1. The van der Waals surface area contributed by atoms with Crippen LogP contribution in [0, 0.1) is 0 Å². The summed E-state index contributed by atoms with van der Waals surface area (Å²) in [4.78, 5) is 1.41. The summed E-state index contributed by atoms with van der Waals surface area (Å²) in [6, 6.07) is 8.24. The van der Waals surface area contributed by atoms with Crippen LogP contribution in [0.5, 0.6) is 0 Å². The molecule has 0 aliphatic heterocycles. The molecule has 1 aromatic carbocycles. The van der Waals surface area contributed by atoms with Gasteiger partial charge in [-0.3, -0.25) is 0 Å². The summed E-state index contributed by atoms with van der Waals surface area (Å²) in [5.74, 6) is 0. The molecule has 0 aliphatic carbocycles. The molecular weight excluding hydrogens is 297 g/mol. The summed E-state index contributed by atoms with van der Waals surface area (Å²) < 4.78 is 0. The lowest BCUT2D eigenvalue weighted by Crippen LogP contribution is -2.18. The highest BCUT2D eigenvalue weighted by atomic mass is 35.5. The number of hydrogen-bond acceptors (Lipinski definition) is 2. The standard InChI is InChI=1S/C15H17Cl2NS/c1-3-11-6-7-19-15(11)9-18-10(2)12-4-5-13(16)14(17)8-12/h4-8,10,18H,3,9H2,1-2H3. The fourth-order valence-electron chi connectivity index (χ4n) is 1.98. The molecule has 0 fully saturated rings. The van der Waals surface area contributed by atoms with Crippen LogP contribution < -0.4 is 5.32 Å². The van der Waals surface area contributed by atoms with Gasteiger partial charge in [0.25, 0.3) is 0 Å². The molecule has 4 heteroatoms. The van der Waals surface area contributed by atoms with Crippen molar-refractivity contribution in [3.63, 3.8) is 0 Å². The molecule has 1 nitrogen and oxygen atoms in total. The fraction of sp³-hybridized carbons (Fsp3) is 0.333. The van der Waals surface area contributed by atoms with Gasteiger partial charge in [-0.25, -0.2) is 0 Å². The normalized spacial score (nSPS) is 12.6. The van der Waals surface area contributed by atoms with Crippen LogP contribution in [0.25, 0.3) is 0 Å². The zero-order valence-corrected chi connectivity index (χ0v) is 13.4. The van der Waals surface area contributed by atoms with E-state index in [4.69, 9.17) is 23.2 Å². The van der Waals surface area contributed by atoms with Crippen molar-refractivity contribution in [3.8, 4) is 0 Å². The van der Waals surface area contributed by atoms with Crippen LogP contribution in [0.1, 0.15) is 35.9 Å². The SMILES string of the molecule is CCc1ccsc1CNC(C)c1ccc(Cl)c(Cl)c1. The second-order valence-corrected chi connectivity index (χ2v) is 6.31. The van der Waals surface area contributed by atoms with Gasteiger partial charge in [-0.1, -0.05) is 36.2 Å². The van der Waals surface area contributed by atoms with Crippen LogP contribution in [0.2, 0.25) is 10.0 Å². The second-order valence-electron chi connectivity index (χ2n) is 4.50. The van der Waals surface area contributed by atoms with E-state index in [1.165, 1.54) is 10.4 Å². The molecule has 1 N–H and O–H groups in total. The van der Waals surface area contributed by atoms with Gasteiger partial charge in [-0.05, 0) is 48.1 Å². The Morgan fingerprint density at radius 2 is 2.00 bits per heavy atom. The topological polar surface area (TPSA) is 12.0 Å². The average Bonchev–Trinajstić information content (AvgIpc) is 2.86. The number of halogens is 2. The third-order valence-corrected chi connectivity index (χ3v) is 4.93. The van der Waals surface area contributed by atoms with Gasteiger partial charge in [-0.15, -0.1) is 11.3 Å². The Balaban J connectivity index is 2.01. The molecule has 2 aromatic rings. The van der Waals surface area contributed by atoms with Gasteiger partial charge in [0.2, 0.25) is 0 Å². The molecule has 1 atom stereocenters. The highest BCUT2D eigenvalue weighted by Crippen LogP contribution is 2.26. The maximum absolute atomic E-state index is 6.05. The van der Waals surface area contributed by atoms with Crippen LogP contribution in [-0.4, -0.2) is 0 Å². The van der Waals surface area contributed by atoms with Crippen molar-refractivity contribution in [1.29, 1.82) is 0 Å². The van der Waals surface area contributed by atoms with Gasteiger partial charge in [-0.2, -0.15) is 0 Å². The maximum atomic E-state index is 6.05. The van der Waals surface area contributed by atoms with E-state index in [2.05, 4.69) is 30.6 Å². The van der Waals surface area contributed by atoms with Gasteiger partial charge in [0.1, 0.15) is 0 Å². The number of nitrogens with one attached hydrogen (secondary N) is 1. The van der Waals surface area contributed by atoms with E-state index in [0.29, 0.717) is 10.0 Å². The van der Waals surface area contributed by atoms with Crippen LogP contribution in [-0.2, 0) is 13.0 Å². The highest BCUT2D eigenvalue weighted by molar-refractivity contribution is 7.10. The van der Waals surface area contributed by atoms with E-state index < -0.39 is 0 Å². The van der Waals surface area contributed by atoms with E-state index in [0.717, 1.165) is 18.5 Å². The molecule has 0 saturated heterocycles. The predicted octanol–water partition coefficient (Wildman–Crippen LogP) is 5.47. The van der Waals surface area contributed by atoms with E-state index >= 15 is 0 Å². The smallest absolute Gasteiger partial charge is 0.0595 e. The molecular formula is C15H17Cl2NS. The number of hydrogen-bond donors (Lipinski definition) is 1. The molecule has 0 radical (unpaired) electrons. The minimum atomic E-state index is 0.251. The third kappa shape index (κ3) is 3.73. The fourth-order valence-corrected chi connectivity index (χ4v) is 3.22. The minimum absolute atomic E-state index is 0.251. The van der Waals surface area contributed by atoms with Crippen molar-refractivity contribution in [2.45, 2.75) is 32.9 Å². The summed E-state index contributed by atoms with van der Waals surface area (Å²) in [6.07, 6.45) is 1.08. The Labute approximate surface area is 128 Å². The lowest BCUT2D eigenvalue weighted by molar-refractivity contribution is 0.577. The minimum Gasteiger partial charge on any atom is -0.305 e. The highest BCUT2D eigenvalue weighted by Gasteiger charge is 2.09. The largest absolute Gasteiger partial charge is 0.305 e. The van der Waals surface area contributed by atoms with Crippen molar-refractivity contribution in [3.05, 3.63) is 55.7 Å². The first-order chi connectivity index (χ1) is 9.11. The monoisotopic (exact) mass is 313 g/mol. The lowest BCUT2D eigenvalue weighted by Gasteiger charge is -2.15. The van der Waals surface area contributed by atoms with Crippen LogP contribution in [0.3, 0.4) is 0 Å². The first kappa shape index (κ1) is 14.9. The second kappa shape index (κ2) is 6.76. The molecule has 0 saturated carbocycles. The summed E-state index contributed by atoms with van der Waals surface area (Å²) in [7, 11) is 0. The van der Waals surface area contributed by atoms with Crippen molar-refractivity contribution < 1.29 is 0 Å². The number of rotatable bonds is 5. The molecule has 2 rings (SSSR count). The third-order valence-electron chi connectivity index (χ3n) is 3.23. The molecule has 1 heterocycles. The summed E-state index contributed by atoms with van der Waals surface area (Å²) >= 11 is 13.8. The van der Waals surface area contributed by atoms with E-state index in [9.17, 15) is 0 Å². The zero-order valence-electron chi connectivity index (χ0n) is 11.0. The molecule has 0 aliphatic rings. The first-order valence-electron chi connectivity index (χ1n) is 6.35. The van der Waals surface area contributed by atoms with Gasteiger partial charge in [0.05, 0.1) is 10.0 Å². The maximum Gasteiger partial charge on any atom is 0.0595 e. The summed E-state index contributed by atoms with van der Waals surface area (Å²) in [5.41, 5.74) is 2.59. The van der Waals surface area contributed by atoms with Crippen molar-refractivity contribution in [2.24, 2.45) is 0 Å². The van der Waals surface area contributed by atoms with Crippen molar-refractivity contribution >= 4 is 34.5 Å². The summed E-state index contributed by atoms with van der Waals surface area (Å²) in [5, 5.41) is 6.89. The van der Waals surface area contributed by atoms with Gasteiger partial charge in [0, 0.05) is 17.5 Å². The van der Waals surface area contributed by atoms with E-state index in [1.807, 2.05) is 29.5 Å². The summed E-state index contributed by atoms with van der Waals surface area (Å²) in [6.45, 7) is 5.22. The van der Waals surface area contributed by atoms with Gasteiger partial charge in [0.15, 0.2) is 0 Å². The Kier molecular flexibility index (Phi) is 5.28. The Morgan fingerprint density at radius 3 is 2.68 bits per heavy atom. The predicted molar refractivity (Wildman–Crippen MR) is 85.4 cm³/mol. The van der Waals surface area contributed by atoms with E-state index in [1.54, 1.807) is 0 Å². The molecule has 1 aromatic heterocycles.